The maximum Gasteiger partial charge on any atom is 0.267 e. The Morgan fingerprint density at radius 1 is 1.21 bits per heavy atom. The van der Waals surface area contributed by atoms with Crippen LogP contribution in [0, 0.1) is 5.92 Å². The molecule has 126 valence electrons. The molecule has 2 aliphatic carbocycles. The normalized spacial score (nSPS) is 21.0. The Morgan fingerprint density at radius 2 is 2.08 bits per heavy atom. The van der Waals surface area contributed by atoms with Crippen LogP contribution in [-0.4, -0.2) is 37.3 Å². The van der Waals surface area contributed by atoms with Crippen molar-refractivity contribution in [2.24, 2.45) is 5.92 Å². The van der Waals surface area contributed by atoms with Gasteiger partial charge in [-0.15, -0.1) is 0 Å². The smallest absolute Gasteiger partial charge is 0.267 e. The molecule has 6 nitrogen and oxygen atoms in total. The Kier molecular flexibility index (Phi) is 3.33. The topological polar surface area (TPSA) is 56.0 Å². The fraction of sp³-hybridized carbons (Fsp3) is 0.611. The summed E-state index contributed by atoms with van der Waals surface area (Å²) in [7, 11) is 0. The zero-order valence-electron chi connectivity index (χ0n) is 13.9. The minimum atomic E-state index is 0.0679. The summed E-state index contributed by atoms with van der Waals surface area (Å²) < 4.78 is 4.02. The summed E-state index contributed by atoms with van der Waals surface area (Å²) in [6, 6.07) is 2.49. The number of hydrogen-bond donors (Lipinski definition) is 0. The van der Waals surface area contributed by atoms with Crippen molar-refractivity contribution in [3.05, 3.63) is 45.9 Å². The summed E-state index contributed by atoms with van der Waals surface area (Å²) >= 11 is 0. The molecule has 6 heteroatoms. The molecule has 24 heavy (non-hydrogen) atoms. The molecular weight excluding hydrogens is 302 g/mol. The first kappa shape index (κ1) is 14.4. The molecular formula is C18H23N5O. The summed E-state index contributed by atoms with van der Waals surface area (Å²) in [4.78, 5) is 19.1. The minimum absolute atomic E-state index is 0.0679. The first-order valence-corrected chi connectivity index (χ1v) is 9.10. The van der Waals surface area contributed by atoms with E-state index in [0.29, 0.717) is 12.0 Å². The molecule has 1 saturated heterocycles. The van der Waals surface area contributed by atoms with Crippen LogP contribution in [0.3, 0.4) is 0 Å². The molecule has 2 fully saturated rings. The Hall–Kier alpha value is -1.95. The third-order valence-electron chi connectivity index (χ3n) is 5.54. The van der Waals surface area contributed by atoms with Crippen LogP contribution in [0.1, 0.15) is 42.4 Å². The van der Waals surface area contributed by atoms with E-state index in [9.17, 15) is 4.79 Å². The molecule has 0 spiro atoms. The van der Waals surface area contributed by atoms with Gasteiger partial charge in [0.15, 0.2) is 0 Å². The molecule has 3 aliphatic rings. The fourth-order valence-electron chi connectivity index (χ4n) is 4.09. The fourth-order valence-corrected chi connectivity index (χ4v) is 4.09. The lowest BCUT2D eigenvalue weighted by Gasteiger charge is -2.39. The Bertz CT molecular complexity index is 813. The van der Waals surface area contributed by atoms with Gasteiger partial charge < -0.3 is 4.57 Å². The Labute approximate surface area is 141 Å². The highest BCUT2D eigenvalue weighted by Gasteiger charge is 2.31. The van der Waals surface area contributed by atoms with E-state index in [1.54, 1.807) is 10.7 Å². The quantitative estimate of drug-likeness (QED) is 0.834. The van der Waals surface area contributed by atoms with Crippen molar-refractivity contribution in [1.29, 1.82) is 0 Å². The Balaban J connectivity index is 1.20. The van der Waals surface area contributed by atoms with E-state index in [2.05, 4.69) is 25.7 Å². The van der Waals surface area contributed by atoms with Crippen LogP contribution in [0.2, 0.25) is 0 Å². The predicted octanol–water partition coefficient (Wildman–Crippen LogP) is 1.40. The highest BCUT2D eigenvalue weighted by molar-refractivity contribution is 5.22. The van der Waals surface area contributed by atoms with E-state index in [4.69, 9.17) is 0 Å². The van der Waals surface area contributed by atoms with Crippen molar-refractivity contribution >= 4 is 0 Å². The molecule has 1 aliphatic heterocycles. The third-order valence-corrected chi connectivity index (χ3v) is 5.54. The lowest BCUT2D eigenvalue weighted by atomic mass is 10.0. The lowest BCUT2D eigenvalue weighted by molar-refractivity contribution is 0.0727. The average Bonchev–Trinajstić information content (AvgIpc) is 3.10. The SMILES string of the molecule is O=c1cc2c(nn1CC1CN(Cc3nccn3C3CC3)C1)CCC2. The molecule has 1 saturated carbocycles. The van der Waals surface area contributed by atoms with E-state index >= 15 is 0 Å². The van der Waals surface area contributed by atoms with Crippen LogP contribution in [0.15, 0.2) is 23.3 Å². The molecule has 0 amide bonds. The van der Waals surface area contributed by atoms with Crippen LogP contribution >= 0.6 is 0 Å². The highest BCUT2D eigenvalue weighted by atomic mass is 16.1. The van der Waals surface area contributed by atoms with Gasteiger partial charge in [0.25, 0.3) is 5.56 Å². The lowest BCUT2D eigenvalue weighted by Crippen LogP contribution is -2.49. The van der Waals surface area contributed by atoms with E-state index in [1.165, 1.54) is 24.2 Å². The maximum atomic E-state index is 12.2. The molecule has 0 atom stereocenters. The summed E-state index contributed by atoms with van der Waals surface area (Å²) in [5, 5.41) is 4.59. The number of fused-ring (bicyclic) bond motifs is 1. The van der Waals surface area contributed by atoms with Crippen molar-refractivity contribution in [2.75, 3.05) is 13.1 Å². The van der Waals surface area contributed by atoms with Gasteiger partial charge in [-0.25, -0.2) is 9.67 Å². The van der Waals surface area contributed by atoms with E-state index in [-0.39, 0.29) is 5.56 Å². The zero-order valence-corrected chi connectivity index (χ0v) is 13.9. The van der Waals surface area contributed by atoms with Gasteiger partial charge in [-0.2, -0.15) is 5.10 Å². The molecule has 2 aromatic rings. The number of likely N-dealkylation sites (tertiary alicyclic amines) is 1. The Morgan fingerprint density at radius 3 is 2.92 bits per heavy atom. The second-order valence-corrected chi connectivity index (χ2v) is 7.53. The summed E-state index contributed by atoms with van der Waals surface area (Å²) in [5.74, 6) is 1.71. The molecule has 5 rings (SSSR count). The average molecular weight is 325 g/mol. The molecule has 0 unspecified atom stereocenters. The van der Waals surface area contributed by atoms with Crippen LogP contribution in [-0.2, 0) is 25.9 Å². The summed E-state index contributed by atoms with van der Waals surface area (Å²) in [5.41, 5.74) is 2.37. The molecule has 0 bridgehead atoms. The molecule has 0 radical (unpaired) electrons. The number of nitrogens with zero attached hydrogens (tertiary/aromatic N) is 5. The second kappa shape index (κ2) is 5.55. The van der Waals surface area contributed by atoms with Gasteiger partial charge in [-0.05, 0) is 37.7 Å². The van der Waals surface area contributed by atoms with Crippen molar-refractivity contribution < 1.29 is 0 Å². The monoisotopic (exact) mass is 325 g/mol. The van der Waals surface area contributed by atoms with Gasteiger partial charge in [-0.3, -0.25) is 9.69 Å². The minimum Gasteiger partial charge on any atom is -0.331 e. The molecule has 2 aromatic heterocycles. The number of aromatic nitrogens is 4. The standard InChI is InChI=1S/C18H23N5O/c24-18-8-14-2-1-3-16(14)20-23(18)11-13-9-21(10-13)12-17-19-6-7-22(17)15-4-5-15/h6-8,13,15H,1-5,9-12H2. The maximum absolute atomic E-state index is 12.2. The summed E-state index contributed by atoms with van der Waals surface area (Å²) in [6.45, 7) is 3.73. The molecule has 0 aromatic carbocycles. The number of aryl methyl sites for hydroxylation is 2. The number of rotatable bonds is 5. The van der Waals surface area contributed by atoms with E-state index < -0.39 is 0 Å². The second-order valence-electron chi connectivity index (χ2n) is 7.53. The van der Waals surface area contributed by atoms with E-state index in [1.807, 2.05) is 6.20 Å². The summed E-state index contributed by atoms with van der Waals surface area (Å²) in [6.07, 6.45) is 9.78. The zero-order chi connectivity index (χ0) is 16.1. The van der Waals surface area contributed by atoms with Gasteiger partial charge in [0.2, 0.25) is 0 Å². The predicted molar refractivity (Wildman–Crippen MR) is 89.8 cm³/mol. The third kappa shape index (κ3) is 2.59. The molecule has 0 N–H and O–H groups in total. The largest absolute Gasteiger partial charge is 0.331 e. The van der Waals surface area contributed by atoms with Gasteiger partial charge >= 0.3 is 0 Å². The van der Waals surface area contributed by atoms with Gasteiger partial charge in [0.1, 0.15) is 5.82 Å². The van der Waals surface area contributed by atoms with E-state index in [0.717, 1.165) is 51.1 Å². The van der Waals surface area contributed by atoms with Crippen LogP contribution in [0.25, 0.3) is 0 Å². The van der Waals surface area contributed by atoms with Gasteiger partial charge in [-0.1, -0.05) is 0 Å². The molecule has 3 heterocycles. The van der Waals surface area contributed by atoms with Gasteiger partial charge in [0.05, 0.1) is 18.8 Å². The van der Waals surface area contributed by atoms with Crippen molar-refractivity contribution in [2.45, 2.75) is 51.2 Å². The van der Waals surface area contributed by atoms with Crippen molar-refractivity contribution in [1.82, 2.24) is 24.2 Å². The van der Waals surface area contributed by atoms with Crippen LogP contribution in [0.5, 0.6) is 0 Å². The van der Waals surface area contributed by atoms with Gasteiger partial charge in [0, 0.05) is 43.5 Å². The van der Waals surface area contributed by atoms with Crippen LogP contribution < -0.4 is 5.56 Å². The van der Waals surface area contributed by atoms with Crippen molar-refractivity contribution in [3.63, 3.8) is 0 Å². The number of hydrogen-bond acceptors (Lipinski definition) is 4. The first-order chi connectivity index (χ1) is 11.8. The van der Waals surface area contributed by atoms with Crippen molar-refractivity contribution in [3.8, 4) is 0 Å². The number of imidazole rings is 1. The highest BCUT2D eigenvalue weighted by Crippen LogP contribution is 2.36. The first-order valence-electron chi connectivity index (χ1n) is 9.10. The van der Waals surface area contributed by atoms with Crippen LogP contribution in [0.4, 0.5) is 0 Å².